The lowest BCUT2D eigenvalue weighted by Crippen LogP contribution is -2.34. The van der Waals surface area contributed by atoms with Gasteiger partial charge in [-0.1, -0.05) is 31.4 Å². The molecule has 2 unspecified atom stereocenters. The monoisotopic (exact) mass is 310 g/mol. The van der Waals surface area contributed by atoms with Crippen molar-refractivity contribution in [3.8, 4) is 0 Å². The number of hydrogen-bond donors (Lipinski definition) is 1. The van der Waals surface area contributed by atoms with Gasteiger partial charge in [0, 0.05) is 17.1 Å². The van der Waals surface area contributed by atoms with E-state index in [9.17, 15) is 14.9 Å². The van der Waals surface area contributed by atoms with E-state index in [2.05, 4.69) is 12.2 Å². The Hall–Kier alpha value is -1.62. The highest BCUT2D eigenvalue weighted by molar-refractivity contribution is 6.31. The first-order valence-corrected chi connectivity index (χ1v) is 7.60. The van der Waals surface area contributed by atoms with Crippen LogP contribution in [0.3, 0.4) is 0 Å². The Bertz CT molecular complexity index is 548. The number of hydrogen-bond acceptors (Lipinski definition) is 3. The Labute approximate surface area is 128 Å². The van der Waals surface area contributed by atoms with Crippen LogP contribution in [0.25, 0.3) is 0 Å². The fourth-order valence-corrected chi connectivity index (χ4v) is 2.92. The van der Waals surface area contributed by atoms with Gasteiger partial charge in [0.25, 0.3) is 11.6 Å². The fraction of sp³-hybridized carbons (Fsp3) is 0.533. The van der Waals surface area contributed by atoms with Gasteiger partial charge >= 0.3 is 0 Å². The van der Waals surface area contributed by atoms with E-state index in [1.165, 1.54) is 24.6 Å². The highest BCUT2D eigenvalue weighted by Crippen LogP contribution is 2.25. The van der Waals surface area contributed by atoms with Gasteiger partial charge < -0.3 is 5.32 Å². The smallest absolute Gasteiger partial charge is 0.282 e. The number of nitro benzene ring substituents is 1. The maximum atomic E-state index is 12.3. The summed E-state index contributed by atoms with van der Waals surface area (Å²) in [5, 5.41) is 14.2. The summed E-state index contributed by atoms with van der Waals surface area (Å²) in [6.07, 6.45) is 5.15. The van der Waals surface area contributed by atoms with Crippen molar-refractivity contribution in [2.75, 3.05) is 0 Å². The Morgan fingerprint density at radius 1 is 1.33 bits per heavy atom. The molecule has 0 saturated heterocycles. The third kappa shape index (κ3) is 4.17. The molecule has 0 spiro atoms. The summed E-state index contributed by atoms with van der Waals surface area (Å²) in [5.74, 6) is 0.260. The minimum Gasteiger partial charge on any atom is -0.349 e. The first-order valence-electron chi connectivity index (χ1n) is 7.22. The number of amides is 1. The highest BCUT2D eigenvalue weighted by Gasteiger charge is 2.24. The van der Waals surface area contributed by atoms with Crippen molar-refractivity contribution in [2.45, 2.75) is 45.1 Å². The van der Waals surface area contributed by atoms with E-state index < -0.39 is 10.8 Å². The molecule has 2 atom stereocenters. The van der Waals surface area contributed by atoms with Crippen LogP contribution in [0.4, 0.5) is 5.69 Å². The Balaban J connectivity index is 2.13. The minimum atomic E-state index is -0.555. The normalized spacial score (nSPS) is 22.4. The molecule has 6 heteroatoms. The second-order valence-electron chi connectivity index (χ2n) is 5.70. The van der Waals surface area contributed by atoms with Gasteiger partial charge in [-0.25, -0.2) is 0 Å². The summed E-state index contributed by atoms with van der Waals surface area (Å²) in [4.78, 5) is 22.8. The van der Waals surface area contributed by atoms with Crippen LogP contribution >= 0.6 is 11.6 Å². The zero-order valence-electron chi connectivity index (χ0n) is 12.0. The summed E-state index contributed by atoms with van der Waals surface area (Å²) in [6.45, 7) is 2.21. The molecule has 114 valence electrons. The van der Waals surface area contributed by atoms with Gasteiger partial charge in [-0.05, 0) is 37.3 Å². The van der Waals surface area contributed by atoms with Gasteiger partial charge in [-0.15, -0.1) is 0 Å². The molecular weight excluding hydrogens is 292 g/mol. The van der Waals surface area contributed by atoms with Crippen LogP contribution in [0.5, 0.6) is 0 Å². The number of nitrogens with one attached hydrogen (secondary N) is 1. The summed E-state index contributed by atoms with van der Waals surface area (Å²) in [7, 11) is 0. The average molecular weight is 311 g/mol. The van der Waals surface area contributed by atoms with Crippen molar-refractivity contribution in [3.63, 3.8) is 0 Å². The van der Waals surface area contributed by atoms with E-state index in [1.807, 2.05) is 0 Å². The predicted octanol–water partition coefficient (Wildman–Crippen LogP) is 3.95. The van der Waals surface area contributed by atoms with Gasteiger partial charge in [-0.2, -0.15) is 0 Å². The molecule has 1 N–H and O–H groups in total. The van der Waals surface area contributed by atoms with Gasteiger partial charge in [0.05, 0.1) is 4.92 Å². The fourth-order valence-electron chi connectivity index (χ4n) is 2.74. The van der Waals surface area contributed by atoms with Crippen molar-refractivity contribution in [1.29, 1.82) is 0 Å². The molecule has 1 aliphatic carbocycles. The standard InChI is InChI=1S/C15H19ClN2O3/c1-10-3-2-4-12(7-5-10)17-15(19)13-9-11(16)6-8-14(13)18(20)21/h6,8-10,12H,2-5,7H2,1H3,(H,17,19). The van der Waals surface area contributed by atoms with Crippen molar-refractivity contribution in [1.82, 2.24) is 5.32 Å². The first kappa shape index (κ1) is 15.8. The molecular formula is C15H19ClN2O3. The number of halogens is 1. The van der Waals surface area contributed by atoms with Gasteiger partial charge in [0.15, 0.2) is 0 Å². The number of carbonyl (C=O) groups is 1. The van der Waals surface area contributed by atoms with E-state index in [0.717, 1.165) is 25.7 Å². The summed E-state index contributed by atoms with van der Waals surface area (Å²) in [6, 6.07) is 4.13. The van der Waals surface area contributed by atoms with Crippen LogP contribution in [-0.4, -0.2) is 16.9 Å². The summed E-state index contributed by atoms with van der Waals surface area (Å²) < 4.78 is 0. The second-order valence-corrected chi connectivity index (χ2v) is 6.14. The quantitative estimate of drug-likeness (QED) is 0.522. The van der Waals surface area contributed by atoms with Gasteiger partial charge in [-0.3, -0.25) is 14.9 Å². The molecule has 1 amide bonds. The largest absolute Gasteiger partial charge is 0.349 e. The lowest BCUT2D eigenvalue weighted by molar-refractivity contribution is -0.385. The van der Waals surface area contributed by atoms with E-state index in [0.29, 0.717) is 10.9 Å². The highest BCUT2D eigenvalue weighted by atomic mass is 35.5. The number of carbonyl (C=O) groups excluding carboxylic acids is 1. The first-order chi connectivity index (χ1) is 9.97. The average Bonchev–Trinajstić information content (AvgIpc) is 2.63. The molecule has 0 radical (unpaired) electrons. The molecule has 1 aromatic carbocycles. The molecule has 0 bridgehead atoms. The Kier molecular flexibility index (Phi) is 5.17. The third-order valence-electron chi connectivity index (χ3n) is 3.99. The molecule has 1 fully saturated rings. The van der Waals surface area contributed by atoms with E-state index in [4.69, 9.17) is 11.6 Å². The Morgan fingerprint density at radius 2 is 2.10 bits per heavy atom. The van der Waals surface area contributed by atoms with Gasteiger partial charge in [0.2, 0.25) is 0 Å². The number of nitro groups is 1. The van der Waals surface area contributed by atoms with Crippen LogP contribution in [0.2, 0.25) is 5.02 Å². The molecule has 0 aromatic heterocycles. The molecule has 0 aliphatic heterocycles. The van der Waals surface area contributed by atoms with Crippen LogP contribution in [0.1, 0.15) is 49.4 Å². The number of benzene rings is 1. The molecule has 21 heavy (non-hydrogen) atoms. The van der Waals surface area contributed by atoms with Crippen LogP contribution in [0.15, 0.2) is 18.2 Å². The van der Waals surface area contributed by atoms with E-state index in [1.54, 1.807) is 0 Å². The SMILES string of the molecule is CC1CCCC(NC(=O)c2cc(Cl)ccc2[N+](=O)[O-])CC1. The maximum absolute atomic E-state index is 12.3. The summed E-state index contributed by atoms with van der Waals surface area (Å²) >= 11 is 5.85. The lowest BCUT2D eigenvalue weighted by Gasteiger charge is -2.16. The number of rotatable bonds is 3. The Morgan fingerprint density at radius 3 is 2.81 bits per heavy atom. The van der Waals surface area contributed by atoms with Crippen LogP contribution in [-0.2, 0) is 0 Å². The minimum absolute atomic E-state index is 0.0322. The van der Waals surface area contributed by atoms with Crippen molar-refractivity contribution in [3.05, 3.63) is 38.9 Å². The predicted molar refractivity (Wildman–Crippen MR) is 81.6 cm³/mol. The van der Waals surface area contributed by atoms with E-state index in [-0.39, 0.29) is 17.3 Å². The maximum Gasteiger partial charge on any atom is 0.282 e. The third-order valence-corrected chi connectivity index (χ3v) is 4.23. The zero-order chi connectivity index (χ0) is 15.4. The molecule has 5 nitrogen and oxygen atoms in total. The zero-order valence-corrected chi connectivity index (χ0v) is 12.7. The molecule has 1 saturated carbocycles. The van der Waals surface area contributed by atoms with Crippen molar-refractivity contribution in [2.24, 2.45) is 5.92 Å². The molecule has 0 heterocycles. The molecule has 1 aliphatic rings. The van der Waals surface area contributed by atoms with Crippen molar-refractivity contribution >= 4 is 23.2 Å². The van der Waals surface area contributed by atoms with E-state index >= 15 is 0 Å². The lowest BCUT2D eigenvalue weighted by atomic mass is 10.0. The summed E-state index contributed by atoms with van der Waals surface area (Å²) in [5.41, 5.74) is -0.177. The number of nitrogens with zero attached hydrogens (tertiary/aromatic N) is 1. The molecule has 2 rings (SSSR count). The second kappa shape index (κ2) is 6.89. The van der Waals surface area contributed by atoms with Crippen molar-refractivity contribution < 1.29 is 9.72 Å². The van der Waals surface area contributed by atoms with Gasteiger partial charge in [0.1, 0.15) is 5.56 Å². The molecule has 1 aromatic rings. The topological polar surface area (TPSA) is 72.2 Å². The van der Waals surface area contributed by atoms with Crippen LogP contribution < -0.4 is 5.32 Å². The van der Waals surface area contributed by atoms with Crippen LogP contribution in [0, 0.1) is 16.0 Å².